The number of aliphatic hydroxyl groups excluding tert-OH is 1. The van der Waals surface area contributed by atoms with Gasteiger partial charge in [0, 0.05) is 17.1 Å². The summed E-state index contributed by atoms with van der Waals surface area (Å²) in [5.74, 6) is -0.0951. The van der Waals surface area contributed by atoms with E-state index in [9.17, 15) is 14.7 Å². The Morgan fingerprint density at radius 3 is 2.62 bits per heavy atom. The second-order valence-electron chi connectivity index (χ2n) is 7.76. The molecule has 8 nitrogen and oxygen atoms in total. The van der Waals surface area contributed by atoms with Crippen molar-refractivity contribution < 1.29 is 28.9 Å². The lowest BCUT2D eigenvalue weighted by atomic mass is 9.95. The molecule has 0 spiro atoms. The number of rotatable bonds is 6. The summed E-state index contributed by atoms with van der Waals surface area (Å²) >= 11 is 1.24. The molecule has 2 aliphatic rings. The molecular formula is C25H22N2O6S. The number of hydrogen-bond acceptors (Lipinski definition) is 8. The van der Waals surface area contributed by atoms with Gasteiger partial charge in [-0.2, -0.15) is 0 Å². The second-order valence-corrected chi connectivity index (χ2v) is 8.63. The van der Waals surface area contributed by atoms with Crippen LogP contribution in [-0.2, 0) is 9.59 Å². The van der Waals surface area contributed by atoms with E-state index in [1.807, 2.05) is 6.92 Å². The Bertz CT molecular complexity index is 1250. The lowest BCUT2D eigenvalue weighted by molar-refractivity contribution is -0.132. The number of benzene rings is 2. The first-order valence-electron chi connectivity index (χ1n) is 10.9. The van der Waals surface area contributed by atoms with Gasteiger partial charge < -0.3 is 19.3 Å². The maximum Gasteiger partial charge on any atom is 0.301 e. The molecule has 9 heteroatoms. The smallest absolute Gasteiger partial charge is 0.301 e. The van der Waals surface area contributed by atoms with Gasteiger partial charge in [0.2, 0.25) is 0 Å². The number of hydrogen-bond donors (Lipinski definition) is 1. The average Bonchev–Trinajstić information content (AvgIpc) is 3.49. The Morgan fingerprint density at radius 2 is 1.91 bits per heavy atom. The summed E-state index contributed by atoms with van der Waals surface area (Å²) in [6, 6.07) is 11.2. The number of anilines is 1. The normalized spacial score (nSPS) is 18.9. The molecule has 1 saturated heterocycles. The summed E-state index contributed by atoms with van der Waals surface area (Å²) in [5.41, 5.74) is 0.991. The molecule has 1 unspecified atom stereocenters. The van der Waals surface area contributed by atoms with Gasteiger partial charge in [0.15, 0.2) is 16.6 Å². The van der Waals surface area contributed by atoms with E-state index in [4.69, 9.17) is 14.2 Å². The van der Waals surface area contributed by atoms with E-state index in [-0.39, 0.29) is 11.3 Å². The van der Waals surface area contributed by atoms with Gasteiger partial charge in [-0.25, -0.2) is 4.98 Å². The second kappa shape index (κ2) is 9.18. The van der Waals surface area contributed by atoms with Gasteiger partial charge in [0.25, 0.3) is 5.78 Å². The molecule has 1 atom stereocenters. The first-order valence-corrected chi connectivity index (χ1v) is 11.8. The lowest BCUT2D eigenvalue weighted by Crippen LogP contribution is -2.29. The first kappa shape index (κ1) is 22.0. The van der Waals surface area contributed by atoms with Crippen LogP contribution in [0, 0.1) is 0 Å². The van der Waals surface area contributed by atoms with E-state index in [0.717, 1.165) is 6.42 Å². The van der Waals surface area contributed by atoms with Crippen molar-refractivity contribution in [1.29, 1.82) is 0 Å². The molecule has 1 fully saturated rings. The Morgan fingerprint density at radius 1 is 1.15 bits per heavy atom. The van der Waals surface area contributed by atoms with Gasteiger partial charge in [-0.3, -0.25) is 14.5 Å². The van der Waals surface area contributed by atoms with Crippen molar-refractivity contribution in [1.82, 2.24) is 4.98 Å². The van der Waals surface area contributed by atoms with E-state index < -0.39 is 17.7 Å². The van der Waals surface area contributed by atoms with E-state index in [1.165, 1.54) is 16.2 Å². The Balaban J connectivity index is 1.62. The number of aromatic nitrogens is 1. The minimum Gasteiger partial charge on any atom is -0.507 e. The minimum absolute atomic E-state index is 0.0147. The predicted molar refractivity (Wildman–Crippen MR) is 127 cm³/mol. The van der Waals surface area contributed by atoms with Crippen LogP contribution >= 0.6 is 11.3 Å². The van der Waals surface area contributed by atoms with Crippen molar-refractivity contribution in [3.8, 4) is 17.2 Å². The molecule has 3 aromatic rings. The van der Waals surface area contributed by atoms with Crippen LogP contribution in [0.2, 0.25) is 0 Å². The van der Waals surface area contributed by atoms with Gasteiger partial charge >= 0.3 is 5.91 Å². The average molecular weight is 479 g/mol. The number of carbonyl (C=O) groups is 2. The number of fused-ring (bicyclic) bond motifs is 1. The van der Waals surface area contributed by atoms with Crippen LogP contribution in [0.4, 0.5) is 5.13 Å². The highest BCUT2D eigenvalue weighted by atomic mass is 32.1. The van der Waals surface area contributed by atoms with Gasteiger partial charge in [-0.05, 0) is 42.3 Å². The third-order valence-corrected chi connectivity index (χ3v) is 6.32. The molecule has 34 heavy (non-hydrogen) atoms. The van der Waals surface area contributed by atoms with Crippen molar-refractivity contribution >= 4 is 33.9 Å². The lowest BCUT2D eigenvalue weighted by Gasteiger charge is -2.23. The van der Waals surface area contributed by atoms with Gasteiger partial charge in [-0.1, -0.05) is 19.1 Å². The topological polar surface area (TPSA) is 98.2 Å². The zero-order chi connectivity index (χ0) is 23.7. The van der Waals surface area contributed by atoms with Crippen LogP contribution in [0.25, 0.3) is 5.76 Å². The van der Waals surface area contributed by atoms with Gasteiger partial charge in [0.1, 0.15) is 24.7 Å². The summed E-state index contributed by atoms with van der Waals surface area (Å²) in [6.07, 6.45) is 2.44. The Labute approximate surface area is 200 Å². The standard InChI is InChI=1S/C25H22N2O6S/c1-2-10-31-17-6-3-15(4-7-17)21-20(23(29)24(30)27(21)25-26-9-13-34-25)22(28)16-5-8-18-19(14-16)33-12-11-32-18/h3-9,13-14,21,28H,2,10-12H2,1H3. The predicted octanol–water partition coefficient (Wildman–Crippen LogP) is 4.33. The minimum atomic E-state index is -0.848. The van der Waals surface area contributed by atoms with Crippen molar-refractivity contribution in [3.05, 3.63) is 70.7 Å². The van der Waals surface area contributed by atoms with Crippen molar-refractivity contribution in [3.63, 3.8) is 0 Å². The Kier molecular flexibility index (Phi) is 5.93. The van der Waals surface area contributed by atoms with E-state index in [0.29, 0.717) is 53.3 Å². The maximum atomic E-state index is 13.2. The molecule has 3 heterocycles. The molecule has 2 aliphatic heterocycles. The van der Waals surface area contributed by atoms with Crippen LogP contribution in [0.15, 0.2) is 59.6 Å². The van der Waals surface area contributed by atoms with Crippen LogP contribution in [0.3, 0.4) is 0 Å². The molecule has 1 aromatic heterocycles. The highest BCUT2D eigenvalue weighted by Gasteiger charge is 2.48. The number of amides is 1. The van der Waals surface area contributed by atoms with Gasteiger partial charge in [0.05, 0.1) is 18.2 Å². The third-order valence-electron chi connectivity index (χ3n) is 5.55. The maximum absolute atomic E-state index is 13.2. The summed E-state index contributed by atoms with van der Waals surface area (Å²) in [4.78, 5) is 31.9. The fourth-order valence-electron chi connectivity index (χ4n) is 3.99. The Hall–Kier alpha value is -3.85. The van der Waals surface area contributed by atoms with E-state index >= 15 is 0 Å². The molecule has 5 rings (SSSR count). The monoisotopic (exact) mass is 478 g/mol. The fraction of sp³-hybridized carbons (Fsp3) is 0.240. The number of aliphatic hydroxyl groups is 1. The van der Waals surface area contributed by atoms with Crippen molar-refractivity contribution in [2.75, 3.05) is 24.7 Å². The van der Waals surface area contributed by atoms with Gasteiger partial charge in [-0.15, -0.1) is 11.3 Å². The molecule has 0 bridgehead atoms. The van der Waals surface area contributed by atoms with Crippen LogP contribution in [-0.4, -0.2) is 41.6 Å². The zero-order valence-corrected chi connectivity index (χ0v) is 19.2. The van der Waals surface area contributed by atoms with E-state index in [1.54, 1.807) is 54.0 Å². The fourth-order valence-corrected chi connectivity index (χ4v) is 4.66. The molecule has 0 aliphatic carbocycles. The summed E-state index contributed by atoms with van der Waals surface area (Å²) < 4.78 is 16.8. The molecule has 1 N–H and O–H groups in total. The summed E-state index contributed by atoms with van der Waals surface area (Å²) in [7, 11) is 0. The van der Waals surface area contributed by atoms with Crippen LogP contribution in [0.1, 0.15) is 30.5 Å². The van der Waals surface area contributed by atoms with Crippen LogP contribution < -0.4 is 19.1 Å². The quantitative estimate of drug-likeness (QED) is 0.320. The number of Topliss-reactive ketones (excluding diaryl/α,β-unsaturated/α-hetero) is 1. The molecule has 0 radical (unpaired) electrons. The number of carbonyl (C=O) groups excluding carboxylic acids is 2. The molecule has 2 aromatic carbocycles. The van der Waals surface area contributed by atoms with E-state index in [2.05, 4.69) is 4.98 Å². The molecule has 174 valence electrons. The first-order chi connectivity index (χ1) is 16.6. The number of ether oxygens (including phenoxy) is 3. The summed E-state index contributed by atoms with van der Waals surface area (Å²) in [6.45, 7) is 3.43. The highest BCUT2D eigenvalue weighted by molar-refractivity contribution is 7.14. The molecule has 1 amide bonds. The number of thiazole rings is 1. The number of ketones is 1. The third kappa shape index (κ3) is 3.88. The number of nitrogens with zero attached hydrogens (tertiary/aromatic N) is 2. The zero-order valence-electron chi connectivity index (χ0n) is 18.4. The molecular weight excluding hydrogens is 456 g/mol. The van der Waals surface area contributed by atoms with Crippen molar-refractivity contribution in [2.45, 2.75) is 19.4 Å². The SMILES string of the molecule is CCCOc1ccc(C2C(=C(O)c3ccc4c(c3)OCCO4)C(=O)C(=O)N2c2nccs2)cc1. The molecule has 0 saturated carbocycles. The summed E-state index contributed by atoms with van der Waals surface area (Å²) in [5, 5.41) is 13.4. The highest BCUT2D eigenvalue weighted by Crippen LogP contribution is 2.44. The largest absolute Gasteiger partial charge is 0.507 e. The van der Waals surface area contributed by atoms with Crippen molar-refractivity contribution in [2.24, 2.45) is 0 Å². The van der Waals surface area contributed by atoms with Crippen LogP contribution in [0.5, 0.6) is 17.2 Å².